The second-order valence-electron chi connectivity index (χ2n) is 6.90. The van der Waals surface area contributed by atoms with Gasteiger partial charge in [-0.25, -0.2) is 4.98 Å². The number of benzene rings is 1. The summed E-state index contributed by atoms with van der Waals surface area (Å²) in [6.07, 6.45) is 3.71. The largest absolute Gasteiger partial charge is 0.481 e. The third-order valence-electron chi connectivity index (χ3n) is 5.22. The van der Waals surface area contributed by atoms with Crippen LogP contribution in [0.1, 0.15) is 36.0 Å². The molecule has 0 unspecified atom stereocenters. The van der Waals surface area contributed by atoms with Gasteiger partial charge in [-0.3, -0.25) is 14.4 Å². The number of anilines is 1. The Morgan fingerprint density at radius 2 is 1.96 bits per heavy atom. The lowest BCUT2D eigenvalue weighted by molar-refractivity contribution is -0.159. The van der Waals surface area contributed by atoms with Crippen molar-refractivity contribution in [2.24, 2.45) is 17.3 Å². The van der Waals surface area contributed by atoms with Gasteiger partial charge in [-0.1, -0.05) is 11.3 Å². The lowest BCUT2D eigenvalue weighted by atomic mass is 9.48. The molecule has 7 heteroatoms. The second kappa shape index (κ2) is 5.37. The molecule has 24 heavy (non-hydrogen) atoms. The third-order valence-corrected chi connectivity index (χ3v) is 6.15. The second-order valence-corrected chi connectivity index (χ2v) is 7.93. The highest BCUT2D eigenvalue weighted by Crippen LogP contribution is 2.61. The molecule has 1 spiro atoms. The van der Waals surface area contributed by atoms with Gasteiger partial charge in [0.05, 0.1) is 16.1 Å². The van der Waals surface area contributed by atoms with Crippen molar-refractivity contribution in [1.82, 2.24) is 4.98 Å². The van der Waals surface area contributed by atoms with Crippen LogP contribution in [0.3, 0.4) is 0 Å². The van der Waals surface area contributed by atoms with Crippen LogP contribution in [0.15, 0.2) is 18.2 Å². The zero-order valence-electron chi connectivity index (χ0n) is 12.8. The van der Waals surface area contributed by atoms with Crippen LogP contribution >= 0.6 is 11.3 Å². The highest BCUT2D eigenvalue weighted by Gasteiger charge is 2.56. The molecule has 0 bridgehead atoms. The zero-order valence-corrected chi connectivity index (χ0v) is 13.6. The van der Waals surface area contributed by atoms with E-state index in [4.69, 9.17) is 5.11 Å². The zero-order chi connectivity index (χ0) is 16.9. The van der Waals surface area contributed by atoms with Crippen molar-refractivity contribution in [3.63, 3.8) is 0 Å². The lowest BCUT2D eigenvalue weighted by Crippen LogP contribution is -2.52. The van der Waals surface area contributed by atoms with E-state index in [1.807, 2.05) is 0 Å². The van der Waals surface area contributed by atoms with Crippen molar-refractivity contribution in [2.75, 3.05) is 5.32 Å². The van der Waals surface area contributed by atoms with Gasteiger partial charge in [0.1, 0.15) is 6.29 Å². The first-order chi connectivity index (χ1) is 11.5. The fourth-order valence-electron chi connectivity index (χ4n) is 3.94. The molecule has 2 saturated carbocycles. The molecule has 0 atom stereocenters. The molecule has 1 aromatic heterocycles. The van der Waals surface area contributed by atoms with E-state index in [-0.39, 0.29) is 23.2 Å². The van der Waals surface area contributed by atoms with Crippen LogP contribution < -0.4 is 5.32 Å². The molecule has 2 aliphatic rings. The Hall–Kier alpha value is -2.28. The predicted molar refractivity (Wildman–Crippen MR) is 89.2 cm³/mol. The molecule has 2 aliphatic carbocycles. The molecule has 0 radical (unpaired) electrons. The number of aliphatic carboxylic acids is 1. The number of aldehydes is 1. The number of carboxylic acids is 1. The van der Waals surface area contributed by atoms with Crippen LogP contribution in [-0.2, 0) is 9.59 Å². The van der Waals surface area contributed by atoms with Crippen LogP contribution in [0.5, 0.6) is 0 Å². The maximum atomic E-state index is 12.3. The van der Waals surface area contributed by atoms with Crippen molar-refractivity contribution in [2.45, 2.75) is 25.7 Å². The van der Waals surface area contributed by atoms with Gasteiger partial charge in [0.2, 0.25) is 5.91 Å². The Balaban J connectivity index is 1.37. The summed E-state index contributed by atoms with van der Waals surface area (Å²) in [5.41, 5.74) is 1.43. The number of carbonyl (C=O) groups is 3. The van der Waals surface area contributed by atoms with Gasteiger partial charge in [-0.15, -0.1) is 0 Å². The van der Waals surface area contributed by atoms with E-state index in [1.165, 1.54) is 11.3 Å². The molecule has 2 aromatic rings. The Bertz CT molecular complexity index is 845. The van der Waals surface area contributed by atoms with Crippen LogP contribution in [0.2, 0.25) is 0 Å². The van der Waals surface area contributed by atoms with Gasteiger partial charge in [-0.2, -0.15) is 0 Å². The molecule has 0 saturated heterocycles. The highest BCUT2D eigenvalue weighted by atomic mass is 32.1. The van der Waals surface area contributed by atoms with E-state index in [0.717, 1.165) is 29.3 Å². The Labute approximate surface area is 141 Å². The summed E-state index contributed by atoms with van der Waals surface area (Å²) >= 11 is 1.35. The molecule has 124 valence electrons. The number of carbonyl (C=O) groups excluding carboxylic acids is 2. The number of aromatic nitrogens is 1. The number of nitrogens with one attached hydrogen (secondary N) is 1. The van der Waals surface area contributed by atoms with E-state index in [1.54, 1.807) is 18.2 Å². The average Bonchev–Trinajstić information content (AvgIpc) is 2.84. The summed E-state index contributed by atoms with van der Waals surface area (Å²) in [6.45, 7) is 0. The first-order valence-electron chi connectivity index (χ1n) is 7.87. The third kappa shape index (κ3) is 2.49. The molecule has 4 rings (SSSR count). The van der Waals surface area contributed by atoms with E-state index >= 15 is 0 Å². The normalized spacial score (nSPS) is 28.2. The summed E-state index contributed by atoms with van der Waals surface area (Å²) < 4.78 is 0.864. The number of thiazole rings is 1. The number of nitrogens with zero attached hydrogens (tertiary/aromatic N) is 1. The molecular formula is C17H16N2O4S. The fraction of sp³-hybridized carbons (Fsp3) is 0.412. The first kappa shape index (κ1) is 15.3. The molecule has 2 N–H and O–H groups in total. The summed E-state index contributed by atoms with van der Waals surface area (Å²) in [7, 11) is 0. The molecule has 0 aliphatic heterocycles. The minimum atomic E-state index is -0.724. The number of carboxylic acid groups (broad SMARTS) is 1. The quantitative estimate of drug-likeness (QED) is 0.831. The summed E-state index contributed by atoms with van der Waals surface area (Å²) in [5, 5.41) is 12.3. The van der Waals surface area contributed by atoms with Gasteiger partial charge >= 0.3 is 5.97 Å². The van der Waals surface area contributed by atoms with Crippen LogP contribution in [0.4, 0.5) is 5.13 Å². The van der Waals surface area contributed by atoms with Crippen molar-refractivity contribution in [3.05, 3.63) is 23.8 Å². The monoisotopic (exact) mass is 344 g/mol. The molecular weight excluding hydrogens is 328 g/mol. The maximum absolute atomic E-state index is 12.3. The van der Waals surface area contributed by atoms with E-state index in [2.05, 4.69) is 10.3 Å². The van der Waals surface area contributed by atoms with E-state index in [9.17, 15) is 14.4 Å². The maximum Gasteiger partial charge on any atom is 0.306 e. The number of amides is 1. The van der Waals surface area contributed by atoms with Gasteiger partial charge < -0.3 is 10.4 Å². The SMILES string of the molecule is O=Cc1ccc2nc(NC(=O)C3CC4(CC(C(=O)O)C4)C3)sc2c1. The minimum absolute atomic E-state index is 0.0472. The average molecular weight is 344 g/mol. The lowest BCUT2D eigenvalue weighted by Gasteiger charge is -2.56. The molecule has 6 nitrogen and oxygen atoms in total. The van der Waals surface area contributed by atoms with Crippen molar-refractivity contribution in [3.8, 4) is 0 Å². The molecule has 2 fully saturated rings. The van der Waals surface area contributed by atoms with Crippen molar-refractivity contribution < 1.29 is 19.5 Å². The predicted octanol–water partition coefficient (Wildman–Crippen LogP) is 2.94. The highest BCUT2D eigenvalue weighted by molar-refractivity contribution is 7.22. The molecule has 1 aromatic carbocycles. The van der Waals surface area contributed by atoms with Crippen molar-refractivity contribution in [1.29, 1.82) is 0 Å². The fourth-order valence-corrected chi connectivity index (χ4v) is 4.86. The number of hydrogen-bond donors (Lipinski definition) is 2. The summed E-state index contributed by atoms with van der Waals surface area (Å²) in [5.74, 6) is -1.06. The topological polar surface area (TPSA) is 96.4 Å². The number of hydrogen-bond acceptors (Lipinski definition) is 5. The number of rotatable bonds is 4. The van der Waals surface area contributed by atoms with E-state index < -0.39 is 5.97 Å². The smallest absolute Gasteiger partial charge is 0.306 e. The Morgan fingerprint density at radius 3 is 2.62 bits per heavy atom. The minimum Gasteiger partial charge on any atom is -0.481 e. The van der Waals surface area contributed by atoms with Crippen LogP contribution in [0, 0.1) is 17.3 Å². The Morgan fingerprint density at radius 1 is 1.25 bits per heavy atom. The Kier molecular flexibility index (Phi) is 3.42. The molecule has 1 amide bonds. The van der Waals surface area contributed by atoms with Crippen molar-refractivity contribution >= 4 is 44.8 Å². The van der Waals surface area contributed by atoms with E-state index in [0.29, 0.717) is 23.5 Å². The van der Waals surface area contributed by atoms with Gasteiger partial charge in [0, 0.05) is 11.5 Å². The van der Waals surface area contributed by atoms with Crippen LogP contribution in [-0.4, -0.2) is 28.3 Å². The van der Waals surface area contributed by atoms with Crippen LogP contribution in [0.25, 0.3) is 10.2 Å². The standard InChI is InChI=1S/C17H16N2O4S/c20-8-9-1-2-12-13(3-9)24-16(18-12)19-14(21)10-4-17(5-10)6-11(7-17)15(22)23/h1-3,8,10-11H,4-7H2,(H,22,23)(H,18,19,21). The number of fused-ring (bicyclic) bond motifs is 1. The van der Waals surface area contributed by atoms with Gasteiger partial charge in [0.15, 0.2) is 5.13 Å². The molecule has 1 heterocycles. The van der Waals surface area contributed by atoms with Gasteiger partial charge in [-0.05, 0) is 49.3 Å². The first-order valence-corrected chi connectivity index (χ1v) is 8.69. The summed E-state index contributed by atoms with van der Waals surface area (Å²) in [6, 6.07) is 5.23. The van der Waals surface area contributed by atoms with Gasteiger partial charge in [0.25, 0.3) is 0 Å². The summed E-state index contributed by atoms with van der Waals surface area (Å²) in [4.78, 5) is 38.4.